The van der Waals surface area contributed by atoms with Crippen molar-refractivity contribution in [2.75, 3.05) is 16.8 Å². The van der Waals surface area contributed by atoms with Crippen molar-refractivity contribution in [2.45, 2.75) is 38.1 Å². The minimum atomic E-state index is -1.29. The van der Waals surface area contributed by atoms with Gasteiger partial charge in [0.05, 0.1) is 10.9 Å². The summed E-state index contributed by atoms with van der Waals surface area (Å²) in [5, 5.41) is 24.4. The molecule has 2 aromatic heterocycles. The molecule has 4 rings (SSSR count). The lowest BCUT2D eigenvalue weighted by atomic mass is 10.0. The number of anilines is 3. The van der Waals surface area contributed by atoms with Crippen molar-refractivity contribution in [1.82, 2.24) is 20.3 Å². The fraction of sp³-hybridized carbons (Fsp3) is 0.214. The average molecular weight is 560 g/mol. The molecule has 0 radical (unpaired) electrons. The van der Waals surface area contributed by atoms with Crippen LogP contribution in [0.15, 0.2) is 54.7 Å². The summed E-state index contributed by atoms with van der Waals surface area (Å²) in [5.74, 6) is -3.07. The highest BCUT2D eigenvalue weighted by Gasteiger charge is 2.22. The standard InChI is InChI=1S/C28H29N7O6/c29-23-22-18(14-31-24(22)35-28(30)34-23)5-1-3-15-7-9-16(10-8-15)25(37)33-20(27(40)41)11-12-21(36)32-19-6-2-4-17(13-19)26(38)39/h2,4,6-10,13-14,20H,1,3,5,11-12H2,(H,32,36)(H,33,37)(H,38,39)(H,40,41)(H5,29,30,31,34,35)/t20-/m0/s1. The van der Waals surface area contributed by atoms with E-state index in [2.05, 4.69) is 25.6 Å². The fourth-order valence-electron chi connectivity index (χ4n) is 4.38. The Balaban J connectivity index is 1.27. The Morgan fingerprint density at radius 3 is 2.41 bits per heavy atom. The highest BCUT2D eigenvalue weighted by Crippen LogP contribution is 2.24. The molecule has 2 amide bonds. The van der Waals surface area contributed by atoms with Gasteiger partial charge >= 0.3 is 11.9 Å². The molecule has 13 nitrogen and oxygen atoms in total. The van der Waals surface area contributed by atoms with E-state index in [9.17, 15) is 24.3 Å². The van der Waals surface area contributed by atoms with Crippen molar-refractivity contribution in [3.8, 4) is 0 Å². The first-order chi connectivity index (χ1) is 19.6. The maximum absolute atomic E-state index is 12.7. The second-order valence-corrected chi connectivity index (χ2v) is 9.39. The van der Waals surface area contributed by atoms with E-state index in [4.69, 9.17) is 16.6 Å². The molecule has 0 unspecified atom stereocenters. The van der Waals surface area contributed by atoms with E-state index in [-0.39, 0.29) is 35.6 Å². The zero-order chi connectivity index (χ0) is 29.5. The van der Waals surface area contributed by atoms with Gasteiger partial charge in [0.2, 0.25) is 11.9 Å². The van der Waals surface area contributed by atoms with Crippen molar-refractivity contribution in [3.05, 3.63) is 77.0 Å². The highest BCUT2D eigenvalue weighted by molar-refractivity contribution is 5.97. The smallest absolute Gasteiger partial charge is 0.335 e. The van der Waals surface area contributed by atoms with Crippen molar-refractivity contribution >= 4 is 52.2 Å². The summed E-state index contributed by atoms with van der Waals surface area (Å²) in [6.45, 7) is 0. The Morgan fingerprint density at radius 2 is 1.71 bits per heavy atom. The van der Waals surface area contributed by atoms with Crippen LogP contribution >= 0.6 is 0 Å². The van der Waals surface area contributed by atoms with Crippen LogP contribution in [-0.2, 0) is 22.4 Å². The van der Waals surface area contributed by atoms with Gasteiger partial charge in [-0.2, -0.15) is 9.97 Å². The van der Waals surface area contributed by atoms with Gasteiger partial charge in [0.15, 0.2) is 0 Å². The molecule has 0 fully saturated rings. The minimum absolute atomic E-state index is 0.00467. The first-order valence-corrected chi connectivity index (χ1v) is 12.8. The first kappa shape index (κ1) is 28.5. The lowest BCUT2D eigenvalue weighted by Crippen LogP contribution is -2.41. The van der Waals surface area contributed by atoms with Gasteiger partial charge in [-0.1, -0.05) is 18.2 Å². The van der Waals surface area contributed by atoms with Crippen LogP contribution in [0.2, 0.25) is 0 Å². The topological polar surface area (TPSA) is 226 Å². The number of carbonyl (C=O) groups excluding carboxylic acids is 2. The number of nitrogens with zero attached hydrogens (tertiary/aromatic N) is 2. The number of benzene rings is 2. The van der Waals surface area contributed by atoms with Crippen molar-refractivity contribution in [2.24, 2.45) is 0 Å². The number of nitrogen functional groups attached to an aromatic ring is 2. The molecular weight excluding hydrogens is 530 g/mol. The number of carbonyl (C=O) groups is 4. The van der Waals surface area contributed by atoms with Gasteiger partial charge < -0.3 is 37.3 Å². The van der Waals surface area contributed by atoms with Gasteiger partial charge in [0.1, 0.15) is 17.5 Å². The Morgan fingerprint density at radius 1 is 0.951 bits per heavy atom. The molecule has 13 heteroatoms. The molecule has 2 heterocycles. The van der Waals surface area contributed by atoms with Crippen LogP contribution in [0.1, 0.15) is 51.1 Å². The molecule has 0 aliphatic rings. The van der Waals surface area contributed by atoms with Gasteiger partial charge in [-0.3, -0.25) is 9.59 Å². The maximum atomic E-state index is 12.7. The molecule has 9 N–H and O–H groups in total. The lowest BCUT2D eigenvalue weighted by molar-refractivity contribution is -0.139. The Kier molecular flexibility index (Phi) is 8.77. The Labute approximate surface area is 234 Å². The van der Waals surface area contributed by atoms with Crippen LogP contribution in [0.25, 0.3) is 11.0 Å². The Bertz CT molecular complexity index is 1600. The van der Waals surface area contributed by atoms with Gasteiger partial charge in [-0.25, -0.2) is 9.59 Å². The second-order valence-electron chi connectivity index (χ2n) is 9.39. The predicted octanol–water partition coefficient (Wildman–Crippen LogP) is 2.60. The van der Waals surface area contributed by atoms with E-state index in [0.29, 0.717) is 11.5 Å². The fourth-order valence-corrected chi connectivity index (χ4v) is 4.38. The summed E-state index contributed by atoms with van der Waals surface area (Å²) in [7, 11) is 0. The number of H-pyrrole nitrogens is 1. The zero-order valence-electron chi connectivity index (χ0n) is 21.9. The third-order valence-corrected chi connectivity index (χ3v) is 6.44. The molecule has 0 aliphatic carbocycles. The van der Waals surface area contributed by atoms with E-state index in [1.807, 2.05) is 6.20 Å². The van der Waals surface area contributed by atoms with Gasteiger partial charge in [0, 0.05) is 23.9 Å². The number of aryl methyl sites for hydroxylation is 2. The number of aromatic amines is 1. The number of aromatic nitrogens is 3. The average Bonchev–Trinajstić information content (AvgIpc) is 3.34. The Hall–Kier alpha value is -5.46. The SMILES string of the molecule is Nc1nc(N)c2c(CCCc3ccc(C(=O)N[C@@H](CCC(=O)Nc4cccc(C(=O)O)c4)C(=O)O)cc3)c[nH]c2n1. The third-order valence-electron chi connectivity index (χ3n) is 6.44. The molecule has 0 bridgehead atoms. The molecular formula is C28H29N7O6. The van der Waals surface area contributed by atoms with E-state index in [1.165, 1.54) is 24.3 Å². The molecule has 0 aliphatic heterocycles. The van der Waals surface area contributed by atoms with Crippen molar-refractivity contribution in [3.63, 3.8) is 0 Å². The molecule has 1 atom stereocenters. The summed E-state index contributed by atoms with van der Waals surface area (Å²) in [5.41, 5.74) is 14.8. The monoisotopic (exact) mass is 559 g/mol. The number of nitrogens with one attached hydrogen (secondary N) is 3. The molecule has 4 aromatic rings. The number of nitrogens with two attached hydrogens (primary N) is 2. The molecule has 0 saturated carbocycles. The molecule has 2 aromatic carbocycles. The number of amides is 2. The number of aromatic carboxylic acids is 1. The minimum Gasteiger partial charge on any atom is -0.480 e. The lowest BCUT2D eigenvalue weighted by Gasteiger charge is -2.15. The van der Waals surface area contributed by atoms with Crippen molar-refractivity contribution < 1.29 is 29.4 Å². The maximum Gasteiger partial charge on any atom is 0.335 e. The van der Waals surface area contributed by atoms with Crippen LogP contribution in [-0.4, -0.2) is 55.0 Å². The number of hydrogen-bond donors (Lipinski definition) is 7. The predicted molar refractivity (Wildman–Crippen MR) is 151 cm³/mol. The van der Waals surface area contributed by atoms with Crippen LogP contribution < -0.4 is 22.1 Å². The highest BCUT2D eigenvalue weighted by atomic mass is 16.4. The van der Waals surface area contributed by atoms with Crippen LogP contribution in [0.4, 0.5) is 17.5 Å². The number of carboxylic acids is 2. The van der Waals surface area contributed by atoms with E-state index < -0.39 is 29.8 Å². The largest absolute Gasteiger partial charge is 0.480 e. The van der Waals surface area contributed by atoms with Crippen LogP contribution in [0, 0.1) is 0 Å². The number of aliphatic carboxylic acids is 1. The number of hydrogen-bond acceptors (Lipinski definition) is 8. The van der Waals surface area contributed by atoms with Crippen LogP contribution in [0.3, 0.4) is 0 Å². The summed E-state index contributed by atoms with van der Waals surface area (Å²) in [6, 6.07) is 11.2. The van der Waals surface area contributed by atoms with E-state index in [1.54, 1.807) is 24.3 Å². The van der Waals surface area contributed by atoms with Crippen molar-refractivity contribution in [1.29, 1.82) is 0 Å². The van der Waals surface area contributed by atoms with Gasteiger partial charge in [0.25, 0.3) is 5.91 Å². The number of fused-ring (bicyclic) bond motifs is 1. The zero-order valence-corrected chi connectivity index (χ0v) is 21.9. The number of rotatable bonds is 12. The summed E-state index contributed by atoms with van der Waals surface area (Å²) in [6.07, 6.45) is 3.73. The quantitative estimate of drug-likeness (QED) is 0.134. The van der Waals surface area contributed by atoms with Gasteiger partial charge in [-0.05, 0) is 67.1 Å². The summed E-state index contributed by atoms with van der Waals surface area (Å²) >= 11 is 0. The molecule has 0 saturated heterocycles. The first-order valence-electron chi connectivity index (χ1n) is 12.8. The third kappa shape index (κ3) is 7.35. The molecule has 0 spiro atoms. The van der Waals surface area contributed by atoms with E-state index in [0.717, 1.165) is 35.8 Å². The summed E-state index contributed by atoms with van der Waals surface area (Å²) in [4.78, 5) is 59.0. The van der Waals surface area contributed by atoms with Gasteiger partial charge in [-0.15, -0.1) is 0 Å². The number of carboxylic acid groups (broad SMARTS) is 2. The normalized spacial score (nSPS) is 11.6. The summed E-state index contributed by atoms with van der Waals surface area (Å²) < 4.78 is 0. The van der Waals surface area contributed by atoms with Crippen LogP contribution in [0.5, 0.6) is 0 Å². The molecule has 212 valence electrons. The second kappa shape index (κ2) is 12.6. The molecule has 41 heavy (non-hydrogen) atoms. The van der Waals surface area contributed by atoms with E-state index >= 15 is 0 Å².